The number of alkyl halides is 3. The number of rotatable bonds is 3. The molecular weight excluding hydrogens is 568 g/mol. The van der Waals surface area contributed by atoms with Crippen molar-refractivity contribution in [3.05, 3.63) is 53.1 Å². The smallest absolute Gasteiger partial charge is 0.178 e. The number of nitrogens with zero attached hydrogens (tertiary/aromatic N) is 1. The van der Waals surface area contributed by atoms with E-state index in [1.165, 1.54) is 18.2 Å². The van der Waals surface area contributed by atoms with Crippen molar-refractivity contribution in [3.63, 3.8) is 0 Å². The molecule has 0 spiro atoms. The minimum absolute atomic E-state index is 0.0179. The number of anilines is 1. The van der Waals surface area contributed by atoms with Crippen molar-refractivity contribution < 1.29 is 28.3 Å². The monoisotopic (exact) mass is 595 g/mol. The molecule has 198 valence electrons. The Morgan fingerprint density at radius 1 is 1.24 bits per heavy atom. The number of hydrogen-bond acceptors (Lipinski definition) is 5. The van der Waals surface area contributed by atoms with Crippen LogP contribution in [-0.4, -0.2) is 52.1 Å². The number of aliphatic hydroxyl groups excluding tert-OH is 1. The average molecular weight is 597 g/mol. The molecule has 9 atom stereocenters. The van der Waals surface area contributed by atoms with Crippen LogP contribution < -0.4 is 5.06 Å². The van der Waals surface area contributed by atoms with Crippen LogP contribution in [0.1, 0.15) is 33.1 Å². The van der Waals surface area contributed by atoms with Crippen molar-refractivity contribution in [1.82, 2.24) is 0 Å². The molecule has 0 bridgehead atoms. The number of Topliss-reactive ketones (excluding diaryl/α,β-unsaturated/α-hetero) is 1. The second-order valence-electron chi connectivity index (χ2n) is 11.7. The first-order valence-corrected chi connectivity index (χ1v) is 14.2. The van der Waals surface area contributed by atoms with Crippen LogP contribution in [-0.2, 0) is 14.4 Å². The summed E-state index contributed by atoms with van der Waals surface area (Å²) in [6.07, 6.45) is 1.19. The number of carbonyl (C=O) groups is 2. The summed E-state index contributed by atoms with van der Waals surface area (Å²) >= 11 is 9.40. The summed E-state index contributed by atoms with van der Waals surface area (Å²) in [5, 5.41) is 13.9. The number of halogens is 4. The third-order valence-corrected chi connectivity index (χ3v) is 11.0. The highest BCUT2D eigenvalue weighted by Gasteiger charge is 2.79. The van der Waals surface area contributed by atoms with Gasteiger partial charge in [-0.15, -0.1) is 0 Å². The van der Waals surface area contributed by atoms with Gasteiger partial charge in [-0.25, -0.2) is 8.78 Å². The fraction of sp³-hybridized carbons (Fsp3) is 0.571. The number of aliphatic hydroxyl groups is 1. The predicted octanol–water partition coefficient (Wildman–Crippen LogP) is 5.34. The average Bonchev–Trinajstić information content (AvgIpc) is 3.36. The maximum absolute atomic E-state index is 17.4. The standard InChI is InChI=1S/C28H29BrClF2NO4/c1-25-8-7-18(34)10-21(25)22(31)11-20-19-9-15-14-33(17-5-3-16(30)4-6-17)37-28(15,24(36)13-29)26(19,2)12-23(35)27(20,25)32/h3-8,10,15,19-20,22-23,35H,9,11-14H2,1-2H3/t15-,19-,20-,22-,23-,25-,26-,27-,28-/m0/s1. The van der Waals surface area contributed by atoms with Crippen LogP contribution >= 0.6 is 27.5 Å². The Kier molecular flexibility index (Phi) is 5.68. The van der Waals surface area contributed by atoms with Crippen molar-refractivity contribution in [1.29, 1.82) is 0 Å². The van der Waals surface area contributed by atoms with Crippen LogP contribution in [0.2, 0.25) is 5.02 Å². The van der Waals surface area contributed by atoms with Gasteiger partial charge in [-0.1, -0.05) is 40.5 Å². The molecule has 0 radical (unpaired) electrons. The van der Waals surface area contributed by atoms with E-state index in [9.17, 15) is 14.7 Å². The highest BCUT2D eigenvalue weighted by molar-refractivity contribution is 9.09. The summed E-state index contributed by atoms with van der Waals surface area (Å²) in [5.74, 6) is -2.07. The zero-order chi connectivity index (χ0) is 26.5. The van der Waals surface area contributed by atoms with Crippen molar-refractivity contribution in [2.75, 3.05) is 16.9 Å². The molecule has 4 aliphatic carbocycles. The zero-order valence-corrected chi connectivity index (χ0v) is 22.9. The number of benzene rings is 1. The Balaban J connectivity index is 1.44. The summed E-state index contributed by atoms with van der Waals surface area (Å²) in [7, 11) is 0. The molecule has 6 rings (SSSR count). The second-order valence-corrected chi connectivity index (χ2v) is 12.7. The van der Waals surface area contributed by atoms with E-state index >= 15 is 8.78 Å². The van der Waals surface area contributed by atoms with Crippen molar-refractivity contribution in [2.24, 2.45) is 28.6 Å². The lowest BCUT2D eigenvalue weighted by Gasteiger charge is -2.63. The normalized spacial score (nSPS) is 46.1. The maximum Gasteiger partial charge on any atom is 0.178 e. The maximum atomic E-state index is 17.4. The molecule has 1 aliphatic heterocycles. The third kappa shape index (κ3) is 3.07. The Morgan fingerprint density at radius 2 is 1.95 bits per heavy atom. The van der Waals surface area contributed by atoms with E-state index in [1.807, 2.05) is 19.1 Å². The molecule has 1 saturated heterocycles. The Morgan fingerprint density at radius 3 is 2.62 bits per heavy atom. The number of ketones is 2. The Hall–Kier alpha value is -1.61. The van der Waals surface area contributed by atoms with Gasteiger partial charge >= 0.3 is 0 Å². The van der Waals surface area contributed by atoms with Crippen molar-refractivity contribution in [2.45, 2.75) is 56.7 Å². The molecule has 5 nitrogen and oxygen atoms in total. The third-order valence-electron chi connectivity index (χ3n) is 10.3. The SMILES string of the molecule is C[C@]12C=CC(=O)C=C1[C@@H](F)C[C@H]1[C@@H]3C[C@H]4CN(c5ccc(Cl)cc5)O[C@@]4(C(=O)CBr)[C@@]3(C)C[C@H](O)[C@@]12F. The molecule has 1 heterocycles. The Labute approximate surface area is 227 Å². The van der Waals surface area contributed by atoms with E-state index in [1.54, 1.807) is 24.1 Å². The summed E-state index contributed by atoms with van der Waals surface area (Å²) in [5.41, 5.74) is -5.03. The number of carbonyl (C=O) groups excluding carboxylic acids is 2. The largest absolute Gasteiger partial charge is 0.390 e. The number of allylic oxidation sites excluding steroid dienone is 4. The first-order valence-electron chi connectivity index (χ1n) is 12.7. The Bertz CT molecular complexity index is 1240. The first-order chi connectivity index (χ1) is 17.4. The van der Waals surface area contributed by atoms with Gasteiger partial charge < -0.3 is 5.11 Å². The van der Waals surface area contributed by atoms with Gasteiger partial charge in [0.1, 0.15) is 6.17 Å². The van der Waals surface area contributed by atoms with Gasteiger partial charge in [0.15, 0.2) is 22.8 Å². The topological polar surface area (TPSA) is 66.8 Å². The fourth-order valence-corrected chi connectivity index (χ4v) is 9.15. The van der Waals surface area contributed by atoms with E-state index in [2.05, 4.69) is 15.9 Å². The summed E-state index contributed by atoms with van der Waals surface area (Å²) in [6.45, 7) is 3.89. The summed E-state index contributed by atoms with van der Waals surface area (Å²) in [4.78, 5) is 32.3. The minimum Gasteiger partial charge on any atom is -0.390 e. The first kappa shape index (κ1) is 25.7. The molecule has 1 N–H and O–H groups in total. The lowest BCUT2D eigenvalue weighted by Crippen LogP contribution is -2.70. The number of hydrogen-bond donors (Lipinski definition) is 1. The fourth-order valence-electron chi connectivity index (χ4n) is 8.61. The predicted molar refractivity (Wildman–Crippen MR) is 139 cm³/mol. The quantitative estimate of drug-likeness (QED) is 0.478. The van der Waals surface area contributed by atoms with Gasteiger partial charge in [-0.2, -0.15) is 0 Å². The van der Waals surface area contributed by atoms with Crippen LogP contribution in [0.25, 0.3) is 0 Å². The lowest BCUT2D eigenvalue weighted by molar-refractivity contribution is -0.226. The molecule has 9 heteroatoms. The van der Waals surface area contributed by atoms with Gasteiger partial charge in [0.2, 0.25) is 0 Å². The molecule has 0 unspecified atom stereocenters. The van der Waals surface area contributed by atoms with E-state index < -0.39 is 46.2 Å². The van der Waals surface area contributed by atoms with Crippen LogP contribution in [0.3, 0.4) is 0 Å². The summed E-state index contributed by atoms with van der Waals surface area (Å²) in [6, 6.07) is 7.13. The van der Waals surface area contributed by atoms with E-state index in [-0.39, 0.29) is 41.2 Å². The highest BCUT2D eigenvalue weighted by atomic mass is 79.9. The van der Waals surface area contributed by atoms with Gasteiger partial charge in [-0.3, -0.25) is 19.5 Å². The van der Waals surface area contributed by atoms with Crippen LogP contribution in [0.5, 0.6) is 0 Å². The molecule has 1 aromatic rings. The van der Waals surface area contributed by atoms with Gasteiger partial charge in [0.05, 0.1) is 23.7 Å². The highest BCUT2D eigenvalue weighted by Crippen LogP contribution is 2.72. The molecule has 37 heavy (non-hydrogen) atoms. The van der Waals surface area contributed by atoms with Crippen LogP contribution in [0, 0.1) is 28.6 Å². The van der Waals surface area contributed by atoms with Gasteiger partial charge in [0, 0.05) is 27.7 Å². The molecule has 0 aromatic heterocycles. The summed E-state index contributed by atoms with van der Waals surface area (Å²) < 4.78 is 33.1. The molecule has 3 saturated carbocycles. The molecular formula is C28H29BrClF2NO4. The molecule has 5 aliphatic rings. The lowest BCUT2D eigenvalue weighted by atomic mass is 9.44. The number of fused-ring (bicyclic) bond motifs is 7. The zero-order valence-electron chi connectivity index (χ0n) is 20.6. The molecule has 4 fully saturated rings. The van der Waals surface area contributed by atoms with Crippen molar-refractivity contribution >= 4 is 44.8 Å². The van der Waals surface area contributed by atoms with Crippen LogP contribution in [0.15, 0.2) is 48.1 Å². The van der Waals surface area contributed by atoms with Crippen LogP contribution in [0.4, 0.5) is 14.5 Å². The molecule has 1 aromatic carbocycles. The van der Waals surface area contributed by atoms with E-state index in [4.69, 9.17) is 16.4 Å². The van der Waals surface area contributed by atoms with Gasteiger partial charge in [-0.05, 0) is 74.1 Å². The minimum atomic E-state index is -2.18. The number of hydroxylamine groups is 1. The van der Waals surface area contributed by atoms with Crippen molar-refractivity contribution in [3.8, 4) is 0 Å². The van der Waals surface area contributed by atoms with E-state index in [0.717, 1.165) is 5.69 Å². The second kappa shape index (κ2) is 8.20. The van der Waals surface area contributed by atoms with E-state index in [0.29, 0.717) is 18.0 Å². The van der Waals surface area contributed by atoms with Gasteiger partial charge in [0.25, 0.3) is 0 Å². The molecule has 0 amide bonds.